The molecule has 0 radical (unpaired) electrons. The van der Waals surface area contributed by atoms with E-state index in [1.54, 1.807) is 30.3 Å². The molecule has 0 atom stereocenters. The van der Waals surface area contributed by atoms with Gasteiger partial charge in [0.15, 0.2) is 5.13 Å². The fourth-order valence-corrected chi connectivity index (χ4v) is 1.87. The highest BCUT2D eigenvalue weighted by molar-refractivity contribution is 7.13. The third-order valence-corrected chi connectivity index (χ3v) is 2.88. The number of amides is 1. The van der Waals surface area contributed by atoms with Gasteiger partial charge in [0.2, 0.25) is 5.91 Å². The number of thiazole rings is 1. The molecule has 0 fully saturated rings. The lowest BCUT2D eigenvalue weighted by atomic mass is 10.4. The predicted molar refractivity (Wildman–Crippen MR) is 63.3 cm³/mol. The SMILES string of the molecule is CCc1csc(NCCC(=O)N(C)C)n1. The Morgan fingerprint density at radius 3 is 2.87 bits per heavy atom. The molecule has 4 nitrogen and oxygen atoms in total. The van der Waals surface area contributed by atoms with Crippen molar-refractivity contribution < 1.29 is 4.79 Å². The molecule has 84 valence electrons. The Morgan fingerprint density at radius 2 is 2.33 bits per heavy atom. The van der Waals surface area contributed by atoms with Crippen LogP contribution in [0.2, 0.25) is 0 Å². The summed E-state index contributed by atoms with van der Waals surface area (Å²) < 4.78 is 0. The minimum Gasteiger partial charge on any atom is -0.361 e. The first-order chi connectivity index (χ1) is 7.13. The summed E-state index contributed by atoms with van der Waals surface area (Å²) in [6.07, 6.45) is 1.46. The van der Waals surface area contributed by atoms with Gasteiger partial charge in [-0.25, -0.2) is 4.98 Å². The Hall–Kier alpha value is -1.10. The van der Waals surface area contributed by atoms with Gasteiger partial charge in [-0.15, -0.1) is 11.3 Å². The molecule has 5 heteroatoms. The van der Waals surface area contributed by atoms with Crippen LogP contribution in [0.4, 0.5) is 5.13 Å². The molecule has 0 saturated carbocycles. The van der Waals surface area contributed by atoms with Crippen molar-refractivity contribution in [2.75, 3.05) is 26.0 Å². The van der Waals surface area contributed by atoms with Crippen molar-refractivity contribution in [2.45, 2.75) is 19.8 Å². The van der Waals surface area contributed by atoms with E-state index in [1.807, 2.05) is 5.38 Å². The van der Waals surface area contributed by atoms with Crippen molar-refractivity contribution in [3.8, 4) is 0 Å². The maximum absolute atomic E-state index is 11.3. The Kier molecular flexibility index (Phi) is 4.55. The summed E-state index contributed by atoms with van der Waals surface area (Å²) in [5.74, 6) is 0.134. The quantitative estimate of drug-likeness (QED) is 0.831. The number of hydrogen-bond donors (Lipinski definition) is 1. The highest BCUT2D eigenvalue weighted by atomic mass is 32.1. The van der Waals surface area contributed by atoms with Crippen molar-refractivity contribution >= 4 is 22.4 Å². The molecule has 0 unspecified atom stereocenters. The van der Waals surface area contributed by atoms with Crippen LogP contribution >= 0.6 is 11.3 Å². The van der Waals surface area contributed by atoms with Crippen LogP contribution in [0.3, 0.4) is 0 Å². The molecule has 1 aromatic rings. The van der Waals surface area contributed by atoms with Crippen molar-refractivity contribution in [3.63, 3.8) is 0 Å². The molecule has 1 aromatic heterocycles. The fraction of sp³-hybridized carbons (Fsp3) is 0.600. The number of aryl methyl sites for hydroxylation is 1. The van der Waals surface area contributed by atoms with Gasteiger partial charge in [-0.05, 0) is 6.42 Å². The number of carbonyl (C=O) groups is 1. The number of rotatable bonds is 5. The van der Waals surface area contributed by atoms with Gasteiger partial charge in [0, 0.05) is 32.4 Å². The highest BCUT2D eigenvalue weighted by Crippen LogP contribution is 2.15. The topological polar surface area (TPSA) is 45.2 Å². The first-order valence-electron chi connectivity index (χ1n) is 5.02. The molecule has 1 amide bonds. The summed E-state index contributed by atoms with van der Waals surface area (Å²) in [5, 5.41) is 6.08. The minimum atomic E-state index is 0.134. The summed E-state index contributed by atoms with van der Waals surface area (Å²) in [6.45, 7) is 2.72. The van der Waals surface area contributed by atoms with Crippen molar-refractivity contribution in [3.05, 3.63) is 11.1 Å². The fourth-order valence-electron chi connectivity index (χ4n) is 1.05. The van der Waals surface area contributed by atoms with E-state index in [9.17, 15) is 4.79 Å². The Balaban J connectivity index is 2.28. The molecule has 1 heterocycles. The maximum Gasteiger partial charge on any atom is 0.223 e. The molecule has 0 saturated heterocycles. The zero-order valence-corrected chi connectivity index (χ0v) is 10.2. The zero-order valence-electron chi connectivity index (χ0n) is 9.41. The van der Waals surface area contributed by atoms with Crippen molar-refractivity contribution in [1.29, 1.82) is 0 Å². The van der Waals surface area contributed by atoms with Crippen LogP contribution in [-0.4, -0.2) is 36.4 Å². The second-order valence-corrected chi connectivity index (χ2v) is 4.32. The molecule has 0 aliphatic rings. The number of anilines is 1. The lowest BCUT2D eigenvalue weighted by Gasteiger charge is -2.09. The largest absolute Gasteiger partial charge is 0.361 e. The standard InChI is InChI=1S/C10H17N3OS/c1-4-8-7-15-10(12-8)11-6-5-9(14)13(2)3/h7H,4-6H2,1-3H3,(H,11,12). The van der Waals surface area contributed by atoms with Crippen LogP contribution in [-0.2, 0) is 11.2 Å². The average molecular weight is 227 g/mol. The molecular weight excluding hydrogens is 210 g/mol. The number of hydrogen-bond acceptors (Lipinski definition) is 4. The van der Waals surface area contributed by atoms with Crippen molar-refractivity contribution in [1.82, 2.24) is 9.88 Å². The predicted octanol–water partition coefficient (Wildman–Crippen LogP) is 1.60. The van der Waals surface area contributed by atoms with Crippen LogP contribution in [0.1, 0.15) is 19.0 Å². The second-order valence-electron chi connectivity index (χ2n) is 3.46. The zero-order chi connectivity index (χ0) is 11.3. The summed E-state index contributed by atoms with van der Waals surface area (Å²) in [4.78, 5) is 17.2. The average Bonchev–Trinajstić information content (AvgIpc) is 2.65. The smallest absolute Gasteiger partial charge is 0.223 e. The third kappa shape index (κ3) is 3.87. The molecular formula is C10H17N3OS. The first kappa shape index (κ1) is 12.0. The van der Waals surface area contributed by atoms with Gasteiger partial charge in [0.25, 0.3) is 0 Å². The van der Waals surface area contributed by atoms with E-state index in [-0.39, 0.29) is 5.91 Å². The van der Waals surface area contributed by atoms with Crippen LogP contribution < -0.4 is 5.32 Å². The van der Waals surface area contributed by atoms with Crippen LogP contribution in [0.5, 0.6) is 0 Å². The van der Waals surface area contributed by atoms with Gasteiger partial charge in [-0.1, -0.05) is 6.92 Å². The molecule has 1 N–H and O–H groups in total. The van der Waals surface area contributed by atoms with Gasteiger partial charge in [0.05, 0.1) is 5.69 Å². The van der Waals surface area contributed by atoms with Gasteiger partial charge in [-0.2, -0.15) is 0 Å². The van der Waals surface area contributed by atoms with Crippen LogP contribution in [0.15, 0.2) is 5.38 Å². The van der Waals surface area contributed by atoms with Crippen LogP contribution in [0, 0.1) is 0 Å². The molecule has 15 heavy (non-hydrogen) atoms. The first-order valence-corrected chi connectivity index (χ1v) is 5.90. The highest BCUT2D eigenvalue weighted by Gasteiger charge is 2.04. The van der Waals surface area contributed by atoms with Crippen molar-refractivity contribution in [2.24, 2.45) is 0 Å². The normalized spacial score (nSPS) is 10.1. The van der Waals surface area contributed by atoms with E-state index in [1.165, 1.54) is 0 Å². The minimum absolute atomic E-state index is 0.134. The lowest BCUT2D eigenvalue weighted by molar-refractivity contribution is -0.128. The lowest BCUT2D eigenvalue weighted by Crippen LogP contribution is -2.23. The van der Waals surface area contributed by atoms with Crippen LogP contribution in [0.25, 0.3) is 0 Å². The van der Waals surface area contributed by atoms with E-state index in [0.717, 1.165) is 17.2 Å². The molecule has 0 bridgehead atoms. The molecule has 0 aliphatic carbocycles. The summed E-state index contributed by atoms with van der Waals surface area (Å²) in [5.41, 5.74) is 1.10. The number of nitrogens with one attached hydrogen (secondary N) is 1. The Morgan fingerprint density at radius 1 is 1.60 bits per heavy atom. The molecule has 0 aromatic carbocycles. The van der Waals surface area contributed by atoms with E-state index < -0.39 is 0 Å². The summed E-state index contributed by atoms with van der Waals surface area (Å²) >= 11 is 1.59. The number of carbonyl (C=O) groups excluding carboxylic acids is 1. The molecule has 0 aliphatic heterocycles. The summed E-state index contributed by atoms with van der Waals surface area (Å²) in [7, 11) is 3.53. The van der Waals surface area contributed by atoms with E-state index >= 15 is 0 Å². The van der Waals surface area contributed by atoms with Gasteiger partial charge < -0.3 is 10.2 Å². The maximum atomic E-state index is 11.3. The van der Waals surface area contributed by atoms with E-state index in [0.29, 0.717) is 13.0 Å². The van der Waals surface area contributed by atoms with Gasteiger partial charge in [-0.3, -0.25) is 4.79 Å². The molecule has 1 rings (SSSR count). The van der Waals surface area contributed by atoms with E-state index in [4.69, 9.17) is 0 Å². The monoisotopic (exact) mass is 227 g/mol. The third-order valence-electron chi connectivity index (χ3n) is 2.03. The summed E-state index contributed by atoms with van der Waals surface area (Å²) in [6, 6.07) is 0. The Labute approximate surface area is 94.3 Å². The van der Waals surface area contributed by atoms with Gasteiger partial charge >= 0.3 is 0 Å². The number of nitrogens with zero attached hydrogens (tertiary/aromatic N) is 2. The Bertz CT molecular complexity index is 322. The van der Waals surface area contributed by atoms with Gasteiger partial charge in [0.1, 0.15) is 0 Å². The van der Waals surface area contributed by atoms with E-state index in [2.05, 4.69) is 17.2 Å². The molecule has 0 spiro atoms. The number of aromatic nitrogens is 1. The second kappa shape index (κ2) is 5.70.